The molecule has 2 N–H and O–H groups in total. The molecule has 0 saturated carbocycles. The molecule has 1 aliphatic heterocycles. The minimum Gasteiger partial charge on any atom is -0.341 e. The highest BCUT2D eigenvalue weighted by Crippen LogP contribution is 2.12. The van der Waals surface area contributed by atoms with E-state index in [2.05, 4.69) is 22.5 Å². The number of amides is 2. The second-order valence-corrected chi connectivity index (χ2v) is 5.85. The number of rotatable bonds is 3. The quantitative estimate of drug-likeness (QED) is 0.778. The van der Waals surface area contributed by atoms with Crippen LogP contribution in [0.1, 0.15) is 23.2 Å². The summed E-state index contributed by atoms with van der Waals surface area (Å²) >= 11 is 1.56. The summed E-state index contributed by atoms with van der Waals surface area (Å²) in [6, 6.07) is 0. The summed E-state index contributed by atoms with van der Waals surface area (Å²) in [4.78, 5) is 30.9. The van der Waals surface area contributed by atoms with E-state index in [4.69, 9.17) is 0 Å². The summed E-state index contributed by atoms with van der Waals surface area (Å²) in [5.41, 5.74) is 0. The molecule has 1 saturated heterocycles. The number of hydrogen-bond acceptors (Lipinski definition) is 5. The van der Waals surface area contributed by atoms with Gasteiger partial charge in [-0.15, -0.1) is 11.3 Å². The van der Waals surface area contributed by atoms with Gasteiger partial charge in [0.05, 0.1) is 6.54 Å². The number of aryl methyl sites for hydroxylation is 1. The first kappa shape index (κ1) is 14.9. The Labute approximate surface area is 122 Å². The van der Waals surface area contributed by atoms with Crippen molar-refractivity contribution in [2.45, 2.75) is 26.3 Å². The van der Waals surface area contributed by atoms with Crippen molar-refractivity contribution in [1.29, 1.82) is 0 Å². The average molecular weight is 296 g/mol. The zero-order chi connectivity index (χ0) is 14.4. The van der Waals surface area contributed by atoms with Gasteiger partial charge in [-0.05, 0) is 19.4 Å². The van der Waals surface area contributed by atoms with Crippen LogP contribution in [0.5, 0.6) is 0 Å². The van der Waals surface area contributed by atoms with Crippen molar-refractivity contribution in [3.05, 3.63) is 16.1 Å². The van der Waals surface area contributed by atoms with Crippen LogP contribution in [-0.4, -0.2) is 47.9 Å². The lowest BCUT2D eigenvalue weighted by atomic mass is 10.3. The molecule has 0 atom stereocenters. The van der Waals surface area contributed by atoms with Crippen molar-refractivity contribution in [2.75, 3.05) is 26.2 Å². The molecule has 2 heterocycles. The lowest BCUT2D eigenvalue weighted by Crippen LogP contribution is -2.44. The van der Waals surface area contributed by atoms with Gasteiger partial charge in [-0.1, -0.05) is 6.92 Å². The maximum absolute atomic E-state index is 12.0. The molecule has 0 spiro atoms. The standard InChI is InChI=1S/C13H20N4O2S/c1-2-10-8-15-11(20-10)9-16-12(18)13(19)17-6-3-4-14-5-7-17/h8,14H,2-7,9H2,1H3,(H,16,18). The van der Waals surface area contributed by atoms with E-state index in [0.29, 0.717) is 19.6 Å². The van der Waals surface area contributed by atoms with E-state index in [1.54, 1.807) is 16.2 Å². The van der Waals surface area contributed by atoms with Crippen LogP contribution in [0.3, 0.4) is 0 Å². The van der Waals surface area contributed by atoms with Gasteiger partial charge >= 0.3 is 11.8 Å². The molecule has 1 fully saturated rings. The molecule has 0 aromatic carbocycles. The van der Waals surface area contributed by atoms with Gasteiger partial charge in [0.1, 0.15) is 5.01 Å². The third kappa shape index (κ3) is 4.01. The Morgan fingerprint density at radius 2 is 2.30 bits per heavy atom. The van der Waals surface area contributed by atoms with E-state index >= 15 is 0 Å². The summed E-state index contributed by atoms with van der Waals surface area (Å²) in [6.45, 7) is 5.24. The van der Waals surface area contributed by atoms with Crippen molar-refractivity contribution in [2.24, 2.45) is 0 Å². The summed E-state index contributed by atoms with van der Waals surface area (Å²) < 4.78 is 0. The molecule has 0 aliphatic carbocycles. The number of carbonyl (C=O) groups excluding carboxylic acids is 2. The van der Waals surface area contributed by atoms with Crippen LogP contribution in [0.15, 0.2) is 6.20 Å². The van der Waals surface area contributed by atoms with Crippen molar-refractivity contribution >= 4 is 23.2 Å². The highest BCUT2D eigenvalue weighted by atomic mass is 32.1. The van der Waals surface area contributed by atoms with E-state index in [1.165, 1.54) is 4.88 Å². The predicted octanol–water partition coefficient (Wildman–Crippen LogP) is 0.144. The number of nitrogens with one attached hydrogen (secondary N) is 2. The lowest BCUT2D eigenvalue weighted by molar-refractivity contribution is -0.145. The Kier molecular flexibility index (Phi) is 5.49. The smallest absolute Gasteiger partial charge is 0.311 e. The fourth-order valence-corrected chi connectivity index (χ4v) is 2.82. The SMILES string of the molecule is CCc1cnc(CNC(=O)C(=O)N2CCCNCC2)s1. The number of aromatic nitrogens is 1. The molecule has 1 aromatic rings. The highest BCUT2D eigenvalue weighted by molar-refractivity contribution is 7.11. The van der Waals surface area contributed by atoms with E-state index in [9.17, 15) is 9.59 Å². The van der Waals surface area contributed by atoms with Crippen LogP contribution in [-0.2, 0) is 22.6 Å². The fraction of sp³-hybridized carbons (Fsp3) is 0.615. The van der Waals surface area contributed by atoms with Gasteiger partial charge < -0.3 is 15.5 Å². The number of nitrogens with zero attached hydrogens (tertiary/aromatic N) is 2. The molecule has 2 amide bonds. The van der Waals surface area contributed by atoms with E-state index in [-0.39, 0.29) is 0 Å². The van der Waals surface area contributed by atoms with Gasteiger partial charge in [0.25, 0.3) is 0 Å². The Morgan fingerprint density at radius 1 is 1.45 bits per heavy atom. The monoisotopic (exact) mass is 296 g/mol. The van der Waals surface area contributed by atoms with E-state index in [0.717, 1.165) is 30.9 Å². The highest BCUT2D eigenvalue weighted by Gasteiger charge is 2.22. The Bertz CT molecular complexity index is 467. The molecule has 1 aromatic heterocycles. The van der Waals surface area contributed by atoms with Crippen LogP contribution in [0.4, 0.5) is 0 Å². The van der Waals surface area contributed by atoms with Gasteiger partial charge in [0, 0.05) is 30.7 Å². The van der Waals surface area contributed by atoms with E-state index < -0.39 is 11.8 Å². The van der Waals surface area contributed by atoms with Gasteiger partial charge in [0.2, 0.25) is 0 Å². The largest absolute Gasteiger partial charge is 0.341 e. The topological polar surface area (TPSA) is 74.3 Å². The van der Waals surface area contributed by atoms with Gasteiger partial charge in [-0.25, -0.2) is 4.98 Å². The zero-order valence-corrected chi connectivity index (χ0v) is 12.5. The van der Waals surface area contributed by atoms with Crippen LogP contribution in [0.2, 0.25) is 0 Å². The molecule has 7 heteroatoms. The zero-order valence-electron chi connectivity index (χ0n) is 11.6. The molecule has 0 bridgehead atoms. The maximum atomic E-state index is 12.0. The second-order valence-electron chi connectivity index (χ2n) is 4.65. The van der Waals surface area contributed by atoms with Crippen molar-refractivity contribution in [3.63, 3.8) is 0 Å². The van der Waals surface area contributed by atoms with Crippen LogP contribution >= 0.6 is 11.3 Å². The average Bonchev–Trinajstić information content (AvgIpc) is 2.76. The van der Waals surface area contributed by atoms with Crippen LogP contribution < -0.4 is 10.6 Å². The molecule has 6 nitrogen and oxygen atoms in total. The second kappa shape index (κ2) is 7.35. The fourth-order valence-electron chi connectivity index (χ4n) is 2.02. The summed E-state index contributed by atoms with van der Waals surface area (Å²) in [7, 11) is 0. The minimum atomic E-state index is -0.542. The number of hydrogen-bond donors (Lipinski definition) is 2. The summed E-state index contributed by atoms with van der Waals surface area (Å²) in [6.07, 6.45) is 3.63. The predicted molar refractivity (Wildman–Crippen MR) is 77.4 cm³/mol. The number of thiazole rings is 1. The first-order chi connectivity index (χ1) is 9.70. The van der Waals surface area contributed by atoms with E-state index in [1.807, 2.05) is 6.20 Å². The minimum absolute atomic E-state index is 0.321. The Hall–Kier alpha value is -1.47. The van der Waals surface area contributed by atoms with Crippen LogP contribution in [0.25, 0.3) is 0 Å². The first-order valence-corrected chi connectivity index (χ1v) is 7.73. The van der Waals surface area contributed by atoms with Gasteiger partial charge in [0.15, 0.2) is 0 Å². The summed E-state index contributed by atoms with van der Waals surface area (Å²) in [5.74, 6) is -0.985. The maximum Gasteiger partial charge on any atom is 0.311 e. The number of carbonyl (C=O) groups is 2. The Balaban J connectivity index is 1.82. The lowest BCUT2D eigenvalue weighted by Gasteiger charge is -2.18. The third-order valence-corrected chi connectivity index (χ3v) is 4.31. The molecule has 1 aliphatic rings. The summed E-state index contributed by atoms with van der Waals surface area (Å²) in [5, 5.41) is 6.69. The van der Waals surface area contributed by atoms with Crippen molar-refractivity contribution in [1.82, 2.24) is 20.5 Å². The van der Waals surface area contributed by atoms with Crippen LogP contribution in [0, 0.1) is 0 Å². The van der Waals surface area contributed by atoms with Crippen molar-refractivity contribution < 1.29 is 9.59 Å². The molecular weight excluding hydrogens is 276 g/mol. The normalized spacial score (nSPS) is 15.8. The molecule has 2 rings (SSSR count). The van der Waals surface area contributed by atoms with Crippen molar-refractivity contribution in [3.8, 4) is 0 Å². The van der Waals surface area contributed by atoms with Gasteiger partial charge in [-0.2, -0.15) is 0 Å². The third-order valence-electron chi connectivity index (χ3n) is 3.17. The molecule has 0 unspecified atom stereocenters. The molecular formula is C13H20N4O2S. The molecule has 0 radical (unpaired) electrons. The first-order valence-electron chi connectivity index (χ1n) is 6.92. The Morgan fingerprint density at radius 3 is 3.05 bits per heavy atom. The molecule has 20 heavy (non-hydrogen) atoms. The molecule has 110 valence electrons. The van der Waals surface area contributed by atoms with Gasteiger partial charge in [-0.3, -0.25) is 9.59 Å².